The third kappa shape index (κ3) is 2.64. The number of imidazole rings is 1. The highest BCUT2D eigenvalue weighted by Crippen LogP contribution is 2.31. The molecule has 1 saturated carbocycles. The number of rotatable bonds is 4. The first-order chi connectivity index (χ1) is 8.55. The maximum atomic E-state index is 12.4. The Bertz CT molecular complexity index is 426. The van der Waals surface area contributed by atoms with Crippen molar-refractivity contribution in [3.8, 4) is 0 Å². The van der Waals surface area contributed by atoms with Gasteiger partial charge >= 0.3 is 0 Å². The Morgan fingerprint density at radius 3 is 3.11 bits per heavy atom. The van der Waals surface area contributed by atoms with Crippen molar-refractivity contribution in [2.45, 2.75) is 58.0 Å². The fourth-order valence-electron chi connectivity index (χ4n) is 2.96. The van der Waals surface area contributed by atoms with Gasteiger partial charge < -0.3 is 10.3 Å². The fourth-order valence-corrected chi connectivity index (χ4v) is 2.96. The van der Waals surface area contributed by atoms with Crippen LogP contribution in [0.1, 0.15) is 45.4 Å². The molecule has 4 heteroatoms. The molecule has 1 aromatic rings. The van der Waals surface area contributed by atoms with E-state index in [2.05, 4.69) is 18.8 Å². The van der Waals surface area contributed by atoms with Crippen LogP contribution in [0.3, 0.4) is 0 Å². The number of nitrogens with zero attached hydrogens (tertiary/aromatic N) is 2. The summed E-state index contributed by atoms with van der Waals surface area (Å²) in [6, 6.07) is 0. The molecule has 0 saturated heterocycles. The average Bonchev–Trinajstić information content (AvgIpc) is 2.76. The van der Waals surface area contributed by atoms with E-state index in [-0.39, 0.29) is 5.78 Å². The SMILES string of the molecule is CCn1ccnc1CC(=O)C1(N)CCCC(C)C1. The van der Waals surface area contributed by atoms with E-state index in [0.717, 1.165) is 31.6 Å². The highest BCUT2D eigenvalue weighted by molar-refractivity contribution is 5.89. The van der Waals surface area contributed by atoms with Crippen LogP contribution in [0, 0.1) is 5.92 Å². The maximum Gasteiger partial charge on any atom is 0.160 e. The van der Waals surface area contributed by atoms with Gasteiger partial charge in [-0.2, -0.15) is 0 Å². The molecule has 2 N–H and O–H groups in total. The molecule has 4 nitrogen and oxygen atoms in total. The number of hydrogen-bond donors (Lipinski definition) is 1. The summed E-state index contributed by atoms with van der Waals surface area (Å²) in [6.07, 6.45) is 7.92. The van der Waals surface area contributed by atoms with Gasteiger partial charge in [-0.3, -0.25) is 4.79 Å². The molecule has 2 unspecified atom stereocenters. The van der Waals surface area contributed by atoms with Gasteiger partial charge in [0, 0.05) is 18.9 Å². The van der Waals surface area contributed by atoms with E-state index in [0.29, 0.717) is 12.3 Å². The van der Waals surface area contributed by atoms with E-state index in [1.807, 2.05) is 10.8 Å². The van der Waals surface area contributed by atoms with Crippen molar-refractivity contribution < 1.29 is 4.79 Å². The lowest BCUT2D eigenvalue weighted by atomic mass is 9.74. The molecule has 0 spiro atoms. The maximum absolute atomic E-state index is 12.4. The summed E-state index contributed by atoms with van der Waals surface area (Å²) in [5.74, 6) is 1.54. The number of Topliss-reactive ketones (excluding diaryl/α,β-unsaturated/α-hetero) is 1. The molecule has 2 rings (SSSR count). The number of aromatic nitrogens is 2. The summed E-state index contributed by atoms with van der Waals surface area (Å²) in [4.78, 5) is 16.7. The summed E-state index contributed by atoms with van der Waals surface area (Å²) in [7, 11) is 0. The number of hydrogen-bond acceptors (Lipinski definition) is 3. The van der Waals surface area contributed by atoms with Crippen molar-refractivity contribution >= 4 is 5.78 Å². The number of nitrogens with two attached hydrogens (primary N) is 1. The second kappa shape index (κ2) is 5.22. The van der Waals surface area contributed by atoms with Gasteiger partial charge in [-0.25, -0.2) is 4.98 Å². The monoisotopic (exact) mass is 249 g/mol. The van der Waals surface area contributed by atoms with Gasteiger partial charge in [-0.1, -0.05) is 19.8 Å². The zero-order chi connectivity index (χ0) is 13.2. The molecule has 0 radical (unpaired) electrons. The van der Waals surface area contributed by atoms with Gasteiger partial charge in [-0.05, 0) is 25.7 Å². The summed E-state index contributed by atoms with van der Waals surface area (Å²) < 4.78 is 2.01. The van der Waals surface area contributed by atoms with Crippen molar-refractivity contribution in [3.05, 3.63) is 18.2 Å². The Morgan fingerprint density at radius 1 is 1.67 bits per heavy atom. The van der Waals surface area contributed by atoms with E-state index in [9.17, 15) is 4.79 Å². The minimum absolute atomic E-state index is 0.148. The summed E-state index contributed by atoms with van der Waals surface area (Å²) >= 11 is 0. The van der Waals surface area contributed by atoms with Crippen molar-refractivity contribution in [1.82, 2.24) is 9.55 Å². The smallest absolute Gasteiger partial charge is 0.160 e. The van der Waals surface area contributed by atoms with Gasteiger partial charge in [0.1, 0.15) is 5.82 Å². The van der Waals surface area contributed by atoms with E-state index in [4.69, 9.17) is 5.73 Å². The molecule has 18 heavy (non-hydrogen) atoms. The zero-order valence-electron chi connectivity index (χ0n) is 11.4. The Balaban J connectivity index is 2.07. The number of ketones is 1. The lowest BCUT2D eigenvalue weighted by molar-refractivity contribution is -0.125. The van der Waals surface area contributed by atoms with Crippen LogP contribution in [0.4, 0.5) is 0 Å². The predicted octanol–water partition coefficient (Wildman–Crippen LogP) is 1.92. The first-order valence-corrected chi connectivity index (χ1v) is 6.87. The second-order valence-corrected chi connectivity index (χ2v) is 5.59. The molecule has 0 bridgehead atoms. The molecule has 100 valence electrons. The van der Waals surface area contributed by atoms with Crippen LogP contribution >= 0.6 is 0 Å². The average molecular weight is 249 g/mol. The summed E-state index contributed by atoms with van der Waals surface area (Å²) in [6.45, 7) is 5.08. The lowest BCUT2D eigenvalue weighted by Gasteiger charge is -2.35. The van der Waals surface area contributed by atoms with E-state index < -0.39 is 5.54 Å². The Kier molecular flexibility index (Phi) is 3.85. The molecule has 1 aromatic heterocycles. The molecule has 0 aliphatic heterocycles. The zero-order valence-corrected chi connectivity index (χ0v) is 11.4. The quantitative estimate of drug-likeness (QED) is 0.887. The van der Waals surface area contributed by atoms with Crippen LogP contribution in [0.15, 0.2) is 12.4 Å². The van der Waals surface area contributed by atoms with Crippen LogP contribution in [-0.2, 0) is 17.8 Å². The minimum Gasteiger partial charge on any atom is -0.335 e. The number of carbonyl (C=O) groups excluding carboxylic acids is 1. The molecular weight excluding hydrogens is 226 g/mol. The van der Waals surface area contributed by atoms with Crippen molar-refractivity contribution in [2.24, 2.45) is 11.7 Å². The molecule has 2 atom stereocenters. The van der Waals surface area contributed by atoms with E-state index >= 15 is 0 Å². The summed E-state index contributed by atoms with van der Waals surface area (Å²) in [5.41, 5.74) is 5.69. The fraction of sp³-hybridized carbons (Fsp3) is 0.714. The predicted molar refractivity (Wildman–Crippen MR) is 71.2 cm³/mol. The Hall–Kier alpha value is -1.16. The molecule has 1 fully saturated rings. The minimum atomic E-state index is -0.623. The van der Waals surface area contributed by atoms with Gasteiger partial charge in [0.2, 0.25) is 0 Å². The van der Waals surface area contributed by atoms with Crippen LogP contribution < -0.4 is 5.73 Å². The molecular formula is C14H23N3O. The first-order valence-electron chi connectivity index (χ1n) is 6.87. The van der Waals surface area contributed by atoms with Gasteiger partial charge in [0.15, 0.2) is 5.78 Å². The molecule has 1 aliphatic rings. The normalized spacial score (nSPS) is 28.3. The van der Waals surface area contributed by atoms with Gasteiger partial charge in [-0.15, -0.1) is 0 Å². The molecule has 0 aromatic carbocycles. The summed E-state index contributed by atoms with van der Waals surface area (Å²) in [5, 5.41) is 0. The van der Waals surface area contributed by atoms with Crippen molar-refractivity contribution in [3.63, 3.8) is 0 Å². The molecule has 1 aliphatic carbocycles. The standard InChI is InChI=1S/C14H23N3O/c1-3-17-8-7-16-13(17)9-12(18)14(15)6-4-5-11(2)10-14/h7-8,11H,3-6,9-10,15H2,1-2H3. The van der Waals surface area contributed by atoms with Crippen LogP contribution in [0.2, 0.25) is 0 Å². The number of aryl methyl sites for hydroxylation is 1. The first kappa shape index (κ1) is 13.3. The Labute approximate surface area is 109 Å². The van der Waals surface area contributed by atoms with Crippen molar-refractivity contribution in [1.29, 1.82) is 0 Å². The van der Waals surface area contributed by atoms with Crippen LogP contribution in [0.5, 0.6) is 0 Å². The third-order valence-electron chi connectivity index (χ3n) is 4.05. The largest absolute Gasteiger partial charge is 0.335 e. The van der Waals surface area contributed by atoms with E-state index in [1.54, 1.807) is 6.20 Å². The van der Waals surface area contributed by atoms with Crippen LogP contribution in [-0.4, -0.2) is 20.9 Å². The van der Waals surface area contributed by atoms with Gasteiger partial charge in [0.05, 0.1) is 12.0 Å². The second-order valence-electron chi connectivity index (χ2n) is 5.59. The lowest BCUT2D eigenvalue weighted by Crippen LogP contribution is -2.51. The topological polar surface area (TPSA) is 60.9 Å². The van der Waals surface area contributed by atoms with Gasteiger partial charge in [0.25, 0.3) is 0 Å². The Morgan fingerprint density at radius 2 is 2.44 bits per heavy atom. The van der Waals surface area contributed by atoms with Crippen molar-refractivity contribution in [2.75, 3.05) is 0 Å². The molecule has 1 heterocycles. The highest BCUT2D eigenvalue weighted by atomic mass is 16.1. The molecule has 0 amide bonds. The number of carbonyl (C=O) groups is 1. The highest BCUT2D eigenvalue weighted by Gasteiger charge is 2.37. The third-order valence-corrected chi connectivity index (χ3v) is 4.05. The van der Waals surface area contributed by atoms with Crippen LogP contribution in [0.25, 0.3) is 0 Å². The van der Waals surface area contributed by atoms with E-state index in [1.165, 1.54) is 6.42 Å².